The molecule has 1 heterocycles. The van der Waals surface area contributed by atoms with Crippen molar-refractivity contribution in [2.75, 3.05) is 5.32 Å². The Balaban J connectivity index is 1.89. The summed E-state index contributed by atoms with van der Waals surface area (Å²) in [6.07, 6.45) is 1.67. The van der Waals surface area contributed by atoms with Crippen LogP contribution in [0.15, 0.2) is 65.6 Å². The van der Waals surface area contributed by atoms with E-state index in [0.717, 1.165) is 16.6 Å². The SMILES string of the molecule is Cc1ccc(NC(=O)C(C)n2ccc3ccccc3c2=O)cc1. The number of fused-ring (bicyclic) bond motifs is 1. The van der Waals surface area contributed by atoms with Gasteiger partial charge in [0.05, 0.1) is 0 Å². The number of benzene rings is 2. The summed E-state index contributed by atoms with van der Waals surface area (Å²) in [5, 5.41) is 4.33. The molecule has 0 spiro atoms. The highest BCUT2D eigenvalue weighted by atomic mass is 16.2. The first-order chi connectivity index (χ1) is 11.1. The second-order valence-electron chi connectivity index (χ2n) is 5.65. The largest absolute Gasteiger partial charge is 0.324 e. The van der Waals surface area contributed by atoms with E-state index < -0.39 is 6.04 Å². The first kappa shape index (κ1) is 15.0. The average molecular weight is 306 g/mol. The maximum absolute atomic E-state index is 12.6. The lowest BCUT2D eigenvalue weighted by Gasteiger charge is -2.16. The standard InChI is InChI=1S/C19H18N2O2/c1-13-7-9-16(10-8-13)20-18(22)14(2)21-12-11-15-5-3-4-6-17(15)19(21)23/h3-12,14H,1-2H3,(H,20,22). The van der Waals surface area contributed by atoms with E-state index in [-0.39, 0.29) is 11.5 Å². The van der Waals surface area contributed by atoms with E-state index in [2.05, 4.69) is 5.32 Å². The van der Waals surface area contributed by atoms with Gasteiger partial charge in [-0.1, -0.05) is 35.9 Å². The van der Waals surface area contributed by atoms with Crippen molar-refractivity contribution in [1.29, 1.82) is 0 Å². The van der Waals surface area contributed by atoms with Crippen LogP contribution in [0.5, 0.6) is 0 Å². The number of rotatable bonds is 3. The van der Waals surface area contributed by atoms with Crippen LogP contribution in [0.1, 0.15) is 18.5 Å². The molecule has 1 atom stereocenters. The Kier molecular flexibility index (Phi) is 3.98. The number of hydrogen-bond acceptors (Lipinski definition) is 2. The zero-order valence-corrected chi connectivity index (χ0v) is 13.1. The highest BCUT2D eigenvalue weighted by Crippen LogP contribution is 2.14. The molecule has 0 aliphatic carbocycles. The minimum Gasteiger partial charge on any atom is -0.324 e. The lowest BCUT2D eigenvalue weighted by atomic mass is 10.1. The van der Waals surface area contributed by atoms with Gasteiger partial charge in [-0.2, -0.15) is 0 Å². The van der Waals surface area contributed by atoms with E-state index in [1.54, 1.807) is 19.2 Å². The molecule has 0 aliphatic heterocycles. The summed E-state index contributed by atoms with van der Waals surface area (Å²) in [5.41, 5.74) is 1.69. The number of hydrogen-bond donors (Lipinski definition) is 1. The van der Waals surface area contributed by atoms with E-state index in [9.17, 15) is 9.59 Å². The molecule has 0 fully saturated rings. The summed E-state index contributed by atoms with van der Waals surface area (Å²) in [5.74, 6) is -0.216. The van der Waals surface area contributed by atoms with E-state index >= 15 is 0 Å². The lowest BCUT2D eigenvalue weighted by Crippen LogP contribution is -2.31. The van der Waals surface area contributed by atoms with Gasteiger partial charge in [-0.05, 0) is 43.5 Å². The van der Waals surface area contributed by atoms with Gasteiger partial charge in [0, 0.05) is 17.3 Å². The minimum absolute atomic E-state index is 0.158. The van der Waals surface area contributed by atoms with E-state index in [4.69, 9.17) is 0 Å². The van der Waals surface area contributed by atoms with Crippen LogP contribution in [0.4, 0.5) is 5.69 Å². The Bertz CT molecular complexity index is 911. The highest BCUT2D eigenvalue weighted by Gasteiger charge is 2.17. The molecule has 0 aliphatic rings. The molecular weight excluding hydrogens is 288 g/mol. The zero-order valence-electron chi connectivity index (χ0n) is 13.1. The van der Waals surface area contributed by atoms with Gasteiger partial charge in [0.15, 0.2) is 0 Å². The molecule has 2 aromatic carbocycles. The van der Waals surface area contributed by atoms with E-state index in [0.29, 0.717) is 5.39 Å². The van der Waals surface area contributed by atoms with Gasteiger partial charge in [0.2, 0.25) is 5.91 Å². The molecule has 3 rings (SSSR count). The van der Waals surface area contributed by atoms with Gasteiger partial charge in [-0.25, -0.2) is 0 Å². The zero-order chi connectivity index (χ0) is 16.4. The molecule has 1 unspecified atom stereocenters. The molecule has 4 nitrogen and oxygen atoms in total. The second kappa shape index (κ2) is 6.08. The van der Waals surface area contributed by atoms with Crippen molar-refractivity contribution in [1.82, 2.24) is 4.57 Å². The maximum atomic E-state index is 12.6. The third-order valence-corrected chi connectivity index (χ3v) is 3.96. The van der Waals surface area contributed by atoms with E-state index in [1.165, 1.54) is 4.57 Å². The maximum Gasteiger partial charge on any atom is 0.259 e. The van der Waals surface area contributed by atoms with Crippen molar-refractivity contribution < 1.29 is 4.79 Å². The summed E-state index contributed by atoms with van der Waals surface area (Å²) in [6, 6.07) is 16.2. The van der Waals surface area contributed by atoms with Crippen LogP contribution >= 0.6 is 0 Å². The number of pyridine rings is 1. The predicted octanol–water partition coefficient (Wildman–Crippen LogP) is 3.51. The first-order valence-corrected chi connectivity index (χ1v) is 7.54. The monoisotopic (exact) mass is 306 g/mol. The number of carbonyl (C=O) groups excluding carboxylic acids is 1. The molecule has 23 heavy (non-hydrogen) atoms. The summed E-state index contributed by atoms with van der Waals surface area (Å²) in [4.78, 5) is 25.0. The summed E-state index contributed by atoms with van der Waals surface area (Å²) in [7, 11) is 0. The number of carbonyl (C=O) groups is 1. The number of anilines is 1. The van der Waals surface area contributed by atoms with Crippen LogP contribution in [-0.4, -0.2) is 10.5 Å². The summed E-state index contributed by atoms with van der Waals surface area (Å²) in [6.45, 7) is 3.71. The van der Waals surface area contributed by atoms with Gasteiger partial charge < -0.3 is 9.88 Å². The summed E-state index contributed by atoms with van der Waals surface area (Å²) >= 11 is 0. The molecule has 0 radical (unpaired) electrons. The number of nitrogens with zero attached hydrogens (tertiary/aromatic N) is 1. The fraction of sp³-hybridized carbons (Fsp3) is 0.158. The molecule has 0 bridgehead atoms. The lowest BCUT2D eigenvalue weighted by molar-refractivity contribution is -0.118. The van der Waals surface area contributed by atoms with Crippen molar-refractivity contribution in [2.24, 2.45) is 0 Å². The molecule has 116 valence electrons. The van der Waals surface area contributed by atoms with Crippen LogP contribution in [0.25, 0.3) is 10.8 Å². The van der Waals surface area contributed by atoms with Gasteiger partial charge >= 0.3 is 0 Å². The molecule has 0 saturated heterocycles. The fourth-order valence-corrected chi connectivity index (χ4v) is 2.52. The van der Waals surface area contributed by atoms with Crippen molar-refractivity contribution >= 4 is 22.4 Å². The highest BCUT2D eigenvalue weighted by molar-refractivity contribution is 5.93. The van der Waals surface area contributed by atoms with Gasteiger partial charge in [0.1, 0.15) is 6.04 Å². The molecule has 1 aromatic heterocycles. The number of nitrogens with one attached hydrogen (secondary N) is 1. The quantitative estimate of drug-likeness (QED) is 0.805. The Morgan fingerprint density at radius 1 is 1.04 bits per heavy atom. The van der Waals surface area contributed by atoms with Crippen LogP contribution < -0.4 is 10.9 Å². The van der Waals surface area contributed by atoms with Crippen molar-refractivity contribution in [3.8, 4) is 0 Å². The normalized spacial score (nSPS) is 12.1. The molecule has 4 heteroatoms. The fourth-order valence-electron chi connectivity index (χ4n) is 2.52. The van der Waals surface area contributed by atoms with Gasteiger partial charge in [0.25, 0.3) is 5.56 Å². The van der Waals surface area contributed by atoms with Crippen molar-refractivity contribution in [2.45, 2.75) is 19.9 Å². The Labute approximate surface area is 134 Å². The Morgan fingerprint density at radius 2 is 1.74 bits per heavy atom. The van der Waals surface area contributed by atoms with E-state index in [1.807, 2.05) is 55.5 Å². The van der Waals surface area contributed by atoms with Crippen LogP contribution in [-0.2, 0) is 4.79 Å². The predicted molar refractivity (Wildman–Crippen MR) is 92.7 cm³/mol. The Hall–Kier alpha value is -2.88. The van der Waals surface area contributed by atoms with Gasteiger partial charge in [-0.15, -0.1) is 0 Å². The van der Waals surface area contributed by atoms with Crippen LogP contribution in [0, 0.1) is 6.92 Å². The Morgan fingerprint density at radius 3 is 2.48 bits per heavy atom. The topological polar surface area (TPSA) is 51.1 Å². The van der Waals surface area contributed by atoms with Crippen molar-refractivity contribution in [3.63, 3.8) is 0 Å². The third-order valence-electron chi connectivity index (χ3n) is 3.96. The van der Waals surface area contributed by atoms with Crippen LogP contribution in [0.3, 0.4) is 0 Å². The molecule has 0 saturated carbocycles. The smallest absolute Gasteiger partial charge is 0.259 e. The molecule has 3 aromatic rings. The second-order valence-corrected chi connectivity index (χ2v) is 5.65. The molecule has 1 amide bonds. The van der Waals surface area contributed by atoms with Gasteiger partial charge in [-0.3, -0.25) is 9.59 Å². The average Bonchev–Trinajstić information content (AvgIpc) is 2.57. The first-order valence-electron chi connectivity index (χ1n) is 7.54. The number of aromatic nitrogens is 1. The van der Waals surface area contributed by atoms with Crippen molar-refractivity contribution in [3.05, 3.63) is 76.7 Å². The third kappa shape index (κ3) is 3.01. The molecular formula is C19H18N2O2. The number of amides is 1. The minimum atomic E-state index is -0.589. The van der Waals surface area contributed by atoms with Crippen LogP contribution in [0.2, 0.25) is 0 Å². The summed E-state index contributed by atoms with van der Waals surface area (Å²) < 4.78 is 1.46. The number of aryl methyl sites for hydroxylation is 1. The molecule has 1 N–H and O–H groups in total.